The quantitative estimate of drug-likeness (QED) is 0.547. The smallest absolute Gasteiger partial charge is 0.243 e. The zero-order valence-electron chi connectivity index (χ0n) is 17.8. The number of sulfonamides is 1. The number of halogens is 1. The molecule has 0 saturated carbocycles. The highest BCUT2D eigenvalue weighted by molar-refractivity contribution is 7.89. The molecule has 0 N–H and O–H groups in total. The molecule has 8 nitrogen and oxygen atoms in total. The first-order chi connectivity index (χ1) is 15.9. The lowest BCUT2D eigenvalue weighted by Gasteiger charge is -2.33. The molecular formula is C23H21FN4O4S. The summed E-state index contributed by atoms with van der Waals surface area (Å²) in [5, 5.41) is 9.49. The molecule has 0 spiro atoms. The number of nitrogens with zero attached hydrogens (tertiary/aromatic N) is 4. The number of hydrogen-bond donors (Lipinski definition) is 0. The van der Waals surface area contributed by atoms with E-state index in [0.29, 0.717) is 19.0 Å². The van der Waals surface area contributed by atoms with Gasteiger partial charge in [0.1, 0.15) is 17.6 Å². The Bertz CT molecular complexity index is 1300. The number of hydrogen-bond acceptors (Lipinski definition) is 7. The maximum Gasteiger partial charge on any atom is 0.243 e. The molecule has 2 aromatic carbocycles. The molecule has 170 valence electrons. The van der Waals surface area contributed by atoms with Crippen LogP contribution < -0.4 is 9.64 Å². The predicted molar refractivity (Wildman–Crippen MR) is 121 cm³/mol. The Balaban J connectivity index is 1.47. The fraction of sp³-hybridized carbons (Fsp3) is 0.217. The molecule has 3 aromatic rings. The summed E-state index contributed by atoms with van der Waals surface area (Å²) in [4.78, 5) is 6.07. The van der Waals surface area contributed by atoms with E-state index in [4.69, 9.17) is 9.15 Å². The van der Waals surface area contributed by atoms with Crippen molar-refractivity contribution in [3.63, 3.8) is 0 Å². The minimum absolute atomic E-state index is 0.0414. The molecule has 33 heavy (non-hydrogen) atoms. The summed E-state index contributed by atoms with van der Waals surface area (Å²) < 4.78 is 51.1. The minimum Gasteiger partial charge on any atom is -0.497 e. The van der Waals surface area contributed by atoms with Crippen molar-refractivity contribution < 1.29 is 22.0 Å². The second kappa shape index (κ2) is 9.44. The van der Waals surface area contributed by atoms with E-state index >= 15 is 0 Å². The Morgan fingerprint density at radius 3 is 2.52 bits per heavy atom. The molecule has 1 fully saturated rings. The van der Waals surface area contributed by atoms with Crippen LogP contribution in [0.3, 0.4) is 0 Å². The monoisotopic (exact) mass is 468 g/mol. The Morgan fingerprint density at radius 2 is 1.85 bits per heavy atom. The highest BCUT2D eigenvalue weighted by Gasteiger charge is 2.30. The number of aromatic nitrogens is 1. The first-order valence-electron chi connectivity index (χ1n) is 10.1. The van der Waals surface area contributed by atoms with E-state index in [0.717, 1.165) is 23.4 Å². The zero-order valence-corrected chi connectivity index (χ0v) is 18.6. The summed E-state index contributed by atoms with van der Waals surface area (Å²) in [6.45, 7) is 1.03. The molecular weight excluding hydrogens is 447 g/mol. The number of rotatable bonds is 6. The summed E-state index contributed by atoms with van der Waals surface area (Å²) >= 11 is 0. The van der Waals surface area contributed by atoms with Crippen molar-refractivity contribution in [3.8, 4) is 11.8 Å². The van der Waals surface area contributed by atoms with Gasteiger partial charge in [-0.1, -0.05) is 12.1 Å². The summed E-state index contributed by atoms with van der Waals surface area (Å²) in [7, 11) is -2.14. The van der Waals surface area contributed by atoms with Crippen molar-refractivity contribution >= 4 is 28.1 Å². The predicted octanol–water partition coefficient (Wildman–Crippen LogP) is 3.38. The molecule has 0 bridgehead atoms. The third-order valence-corrected chi connectivity index (χ3v) is 7.13. The van der Waals surface area contributed by atoms with E-state index in [1.165, 1.54) is 16.4 Å². The number of methoxy groups -OCH3 is 1. The van der Waals surface area contributed by atoms with Crippen LogP contribution in [0.5, 0.6) is 5.75 Å². The van der Waals surface area contributed by atoms with Gasteiger partial charge in [0.05, 0.1) is 12.0 Å². The first kappa shape index (κ1) is 22.5. The van der Waals surface area contributed by atoms with Crippen LogP contribution in [0.15, 0.2) is 57.8 Å². The average molecular weight is 469 g/mol. The average Bonchev–Trinajstić information content (AvgIpc) is 3.26. The lowest BCUT2D eigenvalue weighted by molar-refractivity contribution is 0.373. The van der Waals surface area contributed by atoms with Crippen molar-refractivity contribution in [1.82, 2.24) is 9.29 Å². The highest BCUT2D eigenvalue weighted by atomic mass is 32.2. The van der Waals surface area contributed by atoms with Crippen molar-refractivity contribution in [2.75, 3.05) is 38.2 Å². The van der Waals surface area contributed by atoms with Gasteiger partial charge in [-0.3, -0.25) is 0 Å². The third-order valence-electron chi connectivity index (χ3n) is 5.22. The maximum atomic E-state index is 13.1. The number of ether oxygens (including phenoxy) is 1. The molecule has 0 atom stereocenters. The van der Waals surface area contributed by atoms with E-state index in [-0.39, 0.29) is 29.6 Å². The van der Waals surface area contributed by atoms with E-state index in [9.17, 15) is 18.1 Å². The molecule has 0 unspecified atom stereocenters. The molecule has 2 heterocycles. The van der Waals surface area contributed by atoms with Gasteiger partial charge >= 0.3 is 0 Å². The lowest BCUT2D eigenvalue weighted by Crippen LogP contribution is -2.48. The molecule has 0 aliphatic carbocycles. The Labute approximate surface area is 191 Å². The fourth-order valence-electron chi connectivity index (χ4n) is 3.49. The van der Waals surface area contributed by atoms with Crippen LogP contribution in [0.2, 0.25) is 0 Å². The normalized spacial score (nSPS) is 15.0. The molecule has 10 heteroatoms. The molecule has 4 rings (SSSR count). The third kappa shape index (κ3) is 4.89. The minimum atomic E-state index is -3.73. The second-order valence-corrected chi connectivity index (χ2v) is 9.21. The molecule has 1 aliphatic heterocycles. The van der Waals surface area contributed by atoms with E-state index < -0.39 is 15.8 Å². The van der Waals surface area contributed by atoms with Gasteiger partial charge in [-0.15, -0.1) is 0 Å². The van der Waals surface area contributed by atoms with Crippen molar-refractivity contribution in [2.24, 2.45) is 0 Å². The molecule has 1 saturated heterocycles. The van der Waals surface area contributed by atoms with Crippen molar-refractivity contribution in [2.45, 2.75) is 4.90 Å². The van der Waals surface area contributed by atoms with Gasteiger partial charge < -0.3 is 14.1 Å². The van der Waals surface area contributed by atoms with Gasteiger partial charge in [-0.2, -0.15) is 14.6 Å². The van der Waals surface area contributed by atoms with Crippen LogP contribution in [0.1, 0.15) is 17.1 Å². The maximum absolute atomic E-state index is 13.1. The largest absolute Gasteiger partial charge is 0.497 e. The summed E-state index contributed by atoms with van der Waals surface area (Å²) in [5.74, 6) is 0.799. The Morgan fingerprint density at radius 1 is 1.12 bits per heavy atom. The number of anilines is 1. The molecule has 0 radical (unpaired) electrons. The number of nitriles is 1. The molecule has 0 amide bonds. The van der Waals surface area contributed by atoms with Crippen LogP contribution in [0, 0.1) is 17.1 Å². The van der Waals surface area contributed by atoms with Crippen LogP contribution in [-0.4, -0.2) is 51.0 Å². The van der Waals surface area contributed by atoms with Crippen molar-refractivity contribution in [3.05, 3.63) is 71.5 Å². The fourth-order valence-corrected chi connectivity index (χ4v) is 4.91. The van der Waals surface area contributed by atoms with Gasteiger partial charge in [0.2, 0.25) is 27.5 Å². The molecule has 1 aliphatic rings. The van der Waals surface area contributed by atoms with Crippen molar-refractivity contribution in [1.29, 1.82) is 5.26 Å². The summed E-state index contributed by atoms with van der Waals surface area (Å²) in [6, 6.07) is 14.2. The van der Waals surface area contributed by atoms with Gasteiger partial charge in [0, 0.05) is 32.3 Å². The van der Waals surface area contributed by atoms with E-state index in [1.807, 2.05) is 30.3 Å². The topological polar surface area (TPSA) is 99.7 Å². The van der Waals surface area contributed by atoms with E-state index in [1.54, 1.807) is 24.2 Å². The Hall–Kier alpha value is -3.68. The number of benzene rings is 2. The lowest BCUT2D eigenvalue weighted by atomic mass is 10.2. The number of piperazine rings is 1. The second-order valence-electron chi connectivity index (χ2n) is 7.27. The number of oxazole rings is 1. The van der Waals surface area contributed by atoms with Crippen LogP contribution in [0.4, 0.5) is 10.3 Å². The Kier molecular flexibility index (Phi) is 6.44. The molecule has 1 aromatic heterocycles. The first-order valence-corrected chi connectivity index (χ1v) is 11.6. The summed E-state index contributed by atoms with van der Waals surface area (Å²) in [5.41, 5.74) is 1.02. The van der Waals surface area contributed by atoms with Crippen LogP contribution in [-0.2, 0) is 10.0 Å². The summed E-state index contributed by atoms with van der Waals surface area (Å²) in [6.07, 6.45) is 3.46. The zero-order chi connectivity index (χ0) is 23.4. The van der Waals surface area contributed by atoms with Crippen LogP contribution >= 0.6 is 0 Å². The SMILES string of the molecule is COc1cccc(/C=C/c2nc(C#N)c(N3CCN(S(=O)(=O)c4ccc(F)cc4)CC3)o2)c1. The van der Waals surface area contributed by atoms with Crippen LogP contribution in [0.25, 0.3) is 12.2 Å². The van der Waals surface area contributed by atoms with Gasteiger partial charge in [0.15, 0.2) is 0 Å². The highest BCUT2D eigenvalue weighted by Crippen LogP contribution is 2.26. The van der Waals surface area contributed by atoms with Gasteiger partial charge in [-0.25, -0.2) is 12.8 Å². The standard InChI is InChI=1S/C23H21FN4O4S/c1-31-19-4-2-3-17(15-19)5-10-22-26-21(16-25)23(32-22)27-11-13-28(14-12-27)33(29,30)20-8-6-18(24)7-9-20/h2-10,15H,11-14H2,1H3/b10-5+. The van der Waals surface area contributed by atoms with E-state index in [2.05, 4.69) is 4.98 Å². The van der Waals surface area contributed by atoms with Gasteiger partial charge in [-0.05, 0) is 48.0 Å². The van der Waals surface area contributed by atoms with Gasteiger partial charge in [0.25, 0.3) is 0 Å².